The molecule has 28 heavy (non-hydrogen) atoms. The van der Waals surface area contributed by atoms with Crippen molar-refractivity contribution in [3.63, 3.8) is 0 Å². The molecule has 0 aliphatic heterocycles. The predicted octanol–water partition coefficient (Wildman–Crippen LogP) is 3.33. The van der Waals surface area contributed by atoms with Crippen molar-refractivity contribution in [1.82, 2.24) is 0 Å². The summed E-state index contributed by atoms with van der Waals surface area (Å²) in [6.07, 6.45) is 18.9. The molecule has 0 aliphatic carbocycles. The van der Waals surface area contributed by atoms with Gasteiger partial charge in [-0.3, -0.25) is 0 Å². The number of hydrogen-bond acceptors (Lipinski definition) is 4. The Bertz CT molecular complexity index is 415. The minimum absolute atomic E-state index is 0. The second-order valence-electron chi connectivity index (χ2n) is 8.13. The summed E-state index contributed by atoms with van der Waals surface area (Å²) >= 11 is 0. The van der Waals surface area contributed by atoms with Crippen molar-refractivity contribution in [3.05, 3.63) is 0 Å². The van der Waals surface area contributed by atoms with Crippen LogP contribution in [-0.2, 0) is 10.1 Å². The molecule has 0 rings (SSSR count). The molecule has 0 aliphatic rings. The van der Waals surface area contributed by atoms with E-state index in [9.17, 15) is 18.1 Å². The summed E-state index contributed by atoms with van der Waals surface area (Å²) in [7, 11) is -4.41. The minimum atomic E-state index is -4.41. The first kappa shape index (κ1) is 31.1. The normalized spacial score (nSPS) is 13.9. The topological polar surface area (TPSA) is 77.4 Å². The molecule has 1 N–H and O–H groups in total. The van der Waals surface area contributed by atoms with Gasteiger partial charge in [0.1, 0.15) is 10.1 Å². The van der Waals surface area contributed by atoms with E-state index in [1.54, 1.807) is 0 Å². The van der Waals surface area contributed by atoms with Crippen molar-refractivity contribution < 1.29 is 47.6 Å². The standard InChI is InChI=1S/C22H46O4S.Na/c1-3-5-7-8-9-10-11-12-13-14-15-16-17-18-19-21(23)22(20-6-4-2)27(24,25)26;/h21-23H,3-20H2,1-2H3,(H,24,25,26);/q;+1/p-1. The van der Waals surface area contributed by atoms with Gasteiger partial charge in [0.25, 0.3) is 0 Å². The summed E-state index contributed by atoms with van der Waals surface area (Å²) < 4.78 is 33.9. The Morgan fingerprint density at radius 2 is 1.00 bits per heavy atom. The van der Waals surface area contributed by atoms with E-state index < -0.39 is 21.5 Å². The van der Waals surface area contributed by atoms with Gasteiger partial charge in [-0.05, 0) is 12.8 Å². The second-order valence-corrected chi connectivity index (χ2v) is 9.72. The molecular weight excluding hydrogens is 383 g/mol. The molecule has 2 atom stereocenters. The van der Waals surface area contributed by atoms with Gasteiger partial charge in [-0.2, -0.15) is 0 Å². The number of hydrogen-bond donors (Lipinski definition) is 1. The number of rotatable bonds is 20. The minimum Gasteiger partial charge on any atom is -0.748 e. The van der Waals surface area contributed by atoms with E-state index in [1.807, 2.05) is 6.92 Å². The van der Waals surface area contributed by atoms with Gasteiger partial charge in [0.05, 0.1) is 11.4 Å². The van der Waals surface area contributed by atoms with Crippen LogP contribution >= 0.6 is 0 Å². The van der Waals surface area contributed by atoms with Gasteiger partial charge in [0, 0.05) is 0 Å². The van der Waals surface area contributed by atoms with Gasteiger partial charge >= 0.3 is 29.6 Å². The van der Waals surface area contributed by atoms with Crippen molar-refractivity contribution in [3.8, 4) is 0 Å². The SMILES string of the molecule is CCCCCCCCCCCCCCCCC(O)C(CCCC)S(=O)(=O)[O-].[Na+]. The van der Waals surface area contributed by atoms with Crippen molar-refractivity contribution in [1.29, 1.82) is 0 Å². The largest absolute Gasteiger partial charge is 1.00 e. The van der Waals surface area contributed by atoms with Gasteiger partial charge in [-0.15, -0.1) is 0 Å². The Morgan fingerprint density at radius 1 is 0.643 bits per heavy atom. The van der Waals surface area contributed by atoms with Crippen molar-refractivity contribution in [2.45, 2.75) is 141 Å². The van der Waals surface area contributed by atoms with E-state index in [1.165, 1.54) is 70.6 Å². The smallest absolute Gasteiger partial charge is 0.748 e. The molecule has 0 bridgehead atoms. The molecule has 0 heterocycles. The summed E-state index contributed by atoms with van der Waals surface area (Å²) in [5.74, 6) is 0. The van der Waals surface area contributed by atoms with Crippen LogP contribution in [0.2, 0.25) is 0 Å². The molecule has 2 unspecified atom stereocenters. The van der Waals surface area contributed by atoms with Crippen LogP contribution < -0.4 is 29.6 Å². The van der Waals surface area contributed by atoms with Crippen molar-refractivity contribution >= 4 is 10.1 Å². The molecule has 164 valence electrons. The summed E-state index contributed by atoms with van der Waals surface area (Å²) in [5, 5.41) is 8.96. The van der Waals surface area contributed by atoms with Gasteiger partial charge < -0.3 is 9.66 Å². The van der Waals surface area contributed by atoms with Gasteiger partial charge in [0.15, 0.2) is 0 Å². The van der Waals surface area contributed by atoms with E-state index in [0.29, 0.717) is 12.8 Å². The maximum atomic E-state index is 11.3. The zero-order chi connectivity index (χ0) is 20.4. The third-order valence-corrected chi connectivity index (χ3v) is 6.79. The third-order valence-electron chi connectivity index (χ3n) is 5.50. The number of unbranched alkanes of at least 4 members (excludes halogenated alkanes) is 14. The Kier molecular flexibility index (Phi) is 23.4. The first-order chi connectivity index (χ1) is 12.9. The molecule has 0 amide bonds. The fourth-order valence-corrected chi connectivity index (χ4v) is 4.64. The van der Waals surface area contributed by atoms with Gasteiger partial charge in [-0.1, -0.05) is 117 Å². The molecule has 0 saturated carbocycles. The van der Waals surface area contributed by atoms with E-state index in [2.05, 4.69) is 6.92 Å². The van der Waals surface area contributed by atoms with Crippen LogP contribution in [0.1, 0.15) is 129 Å². The average molecular weight is 429 g/mol. The molecule has 0 aromatic heterocycles. The summed E-state index contributed by atoms with van der Waals surface area (Å²) in [5.41, 5.74) is 0. The molecule has 0 fully saturated rings. The molecule has 0 radical (unpaired) electrons. The maximum absolute atomic E-state index is 11.3. The molecule has 0 spiro atoms. The van der Waals surface area contributed by atoms with Crippen LogP contribution in [-0.4, -0.2) is 29.4 Å². The number of aliphatic hydroxyl groups is 1. The van der Waals surface area contributed by atoms with Crippen LogP contribution in [0, 0.1) is 0 Å². The third kappa shape index (κ3) is 18.9. The fourth-order valence-electron chi connectivity index (χ4n) is 3.67. The van der Waals surface area contributed by atoms with E-state index in [0.717, 1.165) is 25.7 Å². The van der Waals surface area contributed by atoms with Crippen LogP contribution in [0.15, 0.2) is 0 Å². The predicted molar refractivity (Wildman–Crippen MR) is 114 cm³/mol. The van der Waals surface area contributed by atoms with E-state index in [-0.39, 0.29) is 36.0 Å². The fraction of sp³-hybridized carbons (Fsp3) is 1.00. The Balaban J connectivity index is 0. The number of aliphatic hydroxyl groups excluding tert-OH is 1. The summed E-state index contributed by atoms with van der Waals surface area (Å²) in [6, 6.07) is 0. The first-order valence-electron chi connectivity index (χ1n) is 11.6. The monoisotopic (exact) mass is 428 g/mol. The molecule has 4 nitrogen and oxygen atoms in total. The Morgan fingerprint density at radius 3 is 1.36 bits per heavy atom. The second kappa shape index (κ2) is 21.1. The summed E-state index contributed by atoms with van der Waals surface area (Å²) in [6.45, 7) is 4.21. The zero-order valence-corrected chi connectivity index (χ0v) is 21.8. The molecule has 0 aromatic rings. The molecular formula is C22H45NaO4S. The molecule has 0 saturated heterocycles. The molecule has 0 aromatic carbocycles. The quantitative estimate of drug-likeness (QED) is 0.183. The van der Waals surface area contributed by atoms with Crippen LogP contribution in [0.4, 0.5) is 0 Å². The van der Waals surface area contributed by atoms with Gasteiger partial charge in [0.2, 0.25) is 0 Å². The average Bonchev–Trinajstić information content (AvgIpc) is 2.61. The zero-order valence-electron chi connectivity index (χ0n) is 19.0. The van der Waals surface area contributed by atoms with Crippen LogP contribution in [0.3, 0.4) is 0 Å². The van der Waals surface area contributed by atoms with E-state index >= 15 is 0 Å². The maximum Gasteiger partial charge on any atom is 1.00 e. The molecule has 6 heteroatoms. The Labute approximate surface area is 197 Å². The van der Waals surface area contributed by atoms with Crippen molar-refractivity contribution in [2.24, 2.45) is 0 Å². The first-order valence-corrected chi connectivity index (χ1v) is 13.0. The van der Waals surface area contributed by atoms with Crippen LogP contribution in [0.5, 0.6) is 0 Å². The van der Waals surface area contributed by atoms with Gasteiger partial charge in [-0.25, -0.2) is 8.42 Å². The summed E-state index contributed by atoms with van der Waals surface area (Å²) in [4.78, 5) is 0. The Hall–Kier alpha value is 0.870. The van der Waals surface area contributed by atoms with E-state index in [4.69, 9.17) is 0 Å². The van der Waals surface area contributed by atoms with Crippen LogP contribution in [0.25, 0.3) is 0 Å². The van der Waals surface area contributed by atoms with Crippen molar-refractivity contribution in [2.75, 3.05) is 0 Å².